The van der Waals surface area contributed by atoms with Crippen molar-refractivity contribution in [1.29, 1.82) is 0 Å². The lowest BCUT2D eigenvalue weighted by Crippen LogP contribution is -2.34. The van der Waals surface area contributed by atoms with Gasteiger partial charge in [-0.1, -0.05) is 0 Å². The van der Waals surface area contributed by atoms with Crippen molar-refractivity contribution in [2.45, 2.75) is 19.8 Å². The summed E-state index contributed by atoms with van der Waals surface area (Å²) in [7, 11) is 1.32. The Bertz CT molecular complexity index is 545. The first-order valence-corrected chi connectivity index (χ1v) is 7.42. The van der Waals surface area contributed by atoms with Gasteiger partial charge in [0, 0.05) is 11.6 Å². The molecule has 1 saturated heterocycles. The van der Waals surface area contributed by atoms with Crippen LogP contribution in [0.15, 0.2) is 18.2 Å². The van der Waals surface area contributed by atoms with Crippen LogP contribution in [0.4, 0.5) is 5.69 Å². The SMILES string of the molecule is COC(=O)COc1ccc(NC(=O)C2CCNCC2)c(C)c1.Cl. The molecular weight excluding hydrogens is 320 g/mol. The number of benzene rings is 1. The number of carbonyl (C=O) groups is 2. The fourth-order valence-corrected chi connectivity index (χ4v) is 2.39. The minimum atomic E-state index is -0.430. The molecule has 128 valence electrons. The summed E-state index contributed by atoms with van der Waals surface area (Å²) in [6.07, 6.45) is 1.73. The van der Waals surface area contributed by atoms with Gasteiger partial charge in [0.1, 0.15) is 5.75 Å². The Balaban J connectivity index is 0.00000264. The molecule has 0 unspecified atom stereocenters. The second-order valence-electron chi connectivity index (χ2n) is 5.36. The van der Waals surface area contributed by atoms with Crippen molar-refractivity contribution in [2.75, 3.05) is 32.1 Å². The molecule has 1 aromatic rings. The number of aryl methyl sites for hydroxylation is 1. The molecule has 0 saturated carbocycles. The molecule has 1 aliphatic heterocycles. The lowest BCUT2D eigenvalue weighted by atomic mass is 9.97. The highest BCUT2D eigenvalue weighted by Crippen LogP contribution is 2.23. The van der Waals surface area contributed by atoms with E-state index in [1.165, 1.54) is 7.11 Å². The number of esters is 1. The molecule has 1 aliphatic rings. The third-order valence-corrected chi connectivity index (χ3v) is 3.75. The van der Waals surface area contributed by atoms with Crippen molar-refractivity contribution >= 4 is 30.0 Å². The van der Waals surface area contributed by atoms with Gasteiger partial charge in [0.15, 0.2) is 6.61 Å². The van der Waals surface area contributed by atoms with E-state index < -0.39 is 5.97 Å². The molecule has 2 N–H and O–H groups in total. The highest BCUT2D eigenvalue weighted by molar-refractivity contribution is 5.93. The maximum Gasteiger partial charge on any atom is 0.343 e. The van der Waals surface area contributed by atoms with Gasteiger partial charge < -0.3 is 20.1 Å². The molecule has 0 aromatic heterocycles. The number of carbonyl (C=O) groups excluding carboxylic acids is 2. The summed E-state index contributed by atoms with van der Waals surface area (Å²) in [6, 6.07) is 5.32. The van der Waals surface area contributed by atoms with E-state index in [0.29, 0.717) is 5.75 Å². The summed E-state index contributed by atoms with van der Waals surface area (Å²) in [5.74, 6) is 0.271. The Morgan fingerprint density at radius 2 is 2.00 bits per heavy atom. The number of piperidine rings is 1. The lowest BCUT2D eigenvalue weighted by Gasteiger charge is -2.22. The van der Waals surface area contributed by atoms with Gasteiger partial charge in [-0.3, -0.25) is 4.79 Å². The molecule has 1 heterocycles. The van der Waals surface area contributed by atoms with Gasteiger partial charge in [0.05, 0.1) is 7.11 Å². The van der Waals surface area contributed by atoms with Crippen molar-refractivity contribution in [3.05, 3.63) is 23.8 Å². The van der Waals surface area contributed by atoms with E-state index in [2.05, 4.69) is 15.4 Å². The van der Waals surface area contributed by atoms with Gasteiger partial charge in [-0.15, -0.1) is 12.4 Å². The smallest absolute Gasteiger partial charge is 0.343 e. The van der Waals surface area contributed by atoms with E-state index in [9.17, 15) is 9.59 Å². The number of amides is 1. The first-order chi connectivity index (χ1) is 10.6. The summed E-state index contributed by atoms with van der Waals surface area (Å²) in [4.78, 5) is 23.3. The molecule has 0 bridgehead atoms. The van der Waals surface area contributed by atoms with Crippen LogP contribution in [0.3, 0.4) is 0 Å². The Labute approximate surface area is 142 Å². The molecule has 0 aliphatic carbocycles. The van der Waals surface area contributed by atoms with Gasteiger partial charge in [-0.25, -0.2) is 4.79 Å². The van der Waals surface area contributed by atoms with E-state index >= 15 is 0 Å². The van der Waals surface area contributed by atoms with Crippen LogP contribution < -0.4 is 15.4 Å². The van der Waals surface area contributed by atoms with Crippen LogP contribution in [0.2, 0.25) is 0 Å². The second kappa shape index (κ2) is 9.37. The van der Waals surface area contributed by atoms with E-state index in [-0.39, 0.29) is 30.8 Å². The molecule has 1 amide bonds. The van der Waals surface area contributed by atoms with Crippen molar-refractivity contribution in [2.24, 2.45) is 5.92 Å². The zero-order valence-corrected chi connectivity index (χ0v) is 14.2. The summed E-state index contributed by atoms with van der Waals surface area (Å²) in [6.45, 7) is 3.54. The maximum absolute atomic E-state index is 12.2. The largest absolute Gasteiger partial charge is 0.482 e. The van der Waals surface area contributed by atoms with E-state index in [1.807, 2.05) is 6.92 Å². The number of methoxy groups -OCH3 is 1. The number of hydrogen-bond donors (Lipinski definition) is 2. The molecular formula is C16H23ClN2O4. The van der Waals surface area contributed by atoms with Crippen molar-refractivity contribution in [3.8, 4) is 5.75 Å². The predicted molar refractivity (Wildman–Crippen MR) is 90.2 cm³/mol. The third kappa shape index (κ3) is 5.73. The first-order valence-electron chi connectivity index (χ1n) is 7.42. The topological polar surface area (TPSA) is 76.7 Å². The quantitative estimate of drug-likeness (QED) is 0.799. The molecule has 23 heavy (non-hydrogen) atoms. The standard InChI is InChI=1S/C16H22N2O4.ClH/c1-11-9-13(22-10-15(19)21-2)3-4-14(11)18-16(20)12-5-7-17-8-6-12;/h3-4,9,12,17H,5-8,10H2,1-2H3,(H,18,20);1H. The monoisotopic (exact) mass is 342 g/mol. The van der Waals surface area contributed by atoms with Crippen LogP contribution in [0.5, 0.6) is 5.75 Å². The predicted octanol–water partition coefficient (Wildman–Crippen LogP) is 1.91. The van der Waals surface area contributed by atoms with Crippen LogP contribution in [-0.2, 0) is 14.3 Å². The first kappa shape index (κ1) is 19.3. The van der Waals surface area contributed by atoms with E-state index in [0.717, 1.165) is 37.2 Å². The molecule has 0 radical (unpaired) electrons. The van der Waals surface area contributed by atoms with Gasteiger partial charge in [-0.2, -0.15) is 0 Å². The van der Waals surface area contributed by atoms with Crippen molar-refractivity contribution < 1.29 is 19.1 Å². The Kier molecular flexibility index (Phi) is 7.85. The molecule has 0 spiro atoms. The van der Waals surface area contributed by atoms with Gasteiger partial charge >= 0.3 is 5.97 Å². The summed E-state index contributed by atoms with van der Waals surface area (Å²) in [5, 5.41) is 6.22. The molecule has 6 nitrogen and oxygen atoms in total. The highest BCUT2D eigenvalue weighted by Gasteiger charge is 2.21. The molecule has 0 atom stereocenters. The fourth-order valence-electron chi connectivity index (χ4n) is 2.39. The maximum atomic E-state index is 12.2. The van der Waals surface area contributed by atoms with E-state index in [1.54, 1.807) is 18.2 Å². The number of halogens is 1. The van der Waals surface area contributed by atoms with Gasteiger partial charge in [0.2, 0.25) is 5.91 Å². The summed E-state index contributed by atoms with van der Waals surface area (Å²) >= 11 is 0. The van der Waals surface area contributed by atoms with Crippen LogP contribution >= 0.6 is 12.4 Å². The number of nitrogens with one attached hydrogen (secondary N) is 2. The summed E-state index contributed by atoms with van der Waals surface area (Å²) in [5.41, 5.74) is 1.67. The number of hydrogen-bond acceptors (Lipinski definition) is 5. The van der Waals surface area contributed by atoms with Gasteiger partial charge in [-0.05, 0) is 56.6 Å². The second-order valence-corrected chi connectivity index (χ2v) is 5.36. The molecule has 7 heteroatoms. The van der Waals surface area contributed by atoms with E-state index in [4.69, 9.17) is 4.74 Å². The highest BCUT2D eigenvalue weighted by atomic mass is 35.5. The third-order valence-electron chi connectivity index (χ3n) is 3.75. The van der Waals surface area contributed by atoms with Crippen molar-refractivity contribution in [1.82, 2.24) is 5.32 Å². The Hall–Kier alpha value is -1.79. The Morgan fingerprint density at radius 1 is 1.30 bits per heavy atom. The molecule has 1 aromatic carbocycles. The number of rotatable bonds is 5. The normalized spacial score (nSPS) is 14.5. The van der Waals surface area contributed by atoms with Crippen LogP contribution in [0, 0.1) is 12.8 Å². The average Bonchev–Trinajstić information content (AvgIpc) is 2.55. The molecule has 1 fully saturated rings. The van der Waals surface area contributed by atoms with Crippen LogP contribution in [0.25, 0.3) is 0 Å². The van der Waals surface area contributed by atoms with Crippen molar-refractivity contribution in [3.63, 3.8) is 0 Å². The average molecular weight is 343 g/mol. The Morgan fingerprint density at radius 3 is 2.61 bits per heavy atom. The van der Waals surface area contributed by atoms with Crippen LogP contribution in [-0.4, -0.2) is 38.7 Å². The summed E-state index contributed by atoms with van der Waals surface area (Å²) < 4.78 is 9.84. The zero-order valence-electron chi connectivity index (χ0n) is 13.4. The minimum absolute atomic E-state index is 0. The van der Waals surface area contributed by atoms with Gasteiger partial charge in [0.25, 0.3) is 0 Å². The van der Waals surface area contributed by atoms with Crippen LogP contribution in [0.1, 0.15) is 18.4 Å². The number of anilines is 1. The minimum Gasteiger partial charge on any atom is -0.482 e. The fraction of sp³-hybridized carbons (Fsp3) is 0.500. The number of ether oxygens (including phenoxy) is 2. The molecule has 2 rings (SSSR count). The lowest BCUT2D eigenvalue weighted by molar-refractivity contribution is -0.142. The zero-order chi connectivity index (χ0) is 15.9.